The van der Waals surface area contributed by atoms with E-state index in [1.807, 2.05) is 4.90 Å². The number of aromatic nitrogens is 4. The predicted molar refractivity (Wildman–Crippen MR) is 135 cm³/mol. The number of anilines is 1. The number of nitrogens with two attached hydrogens (primary N) is 1. The molecule has 37 heavy (non-hydrogen) atoms. The van der Waals surface area contributed by atoms with Gasteiger partial charge in [-0.05, 0) is 23.8 Å². The highest BCUT2D eigenvalue weighted by molar-refractivity contribution is 8.13. The Hall–Kier alpha value is -4.11. The molecule has 188 valence electrons. The third kappa shape index (κ3) is 4.95. The van der Waals surface area contributed by atoms with E-state index in [0.29, 0.717) is 29.0 Å². The van der Waals surface area contributed by atoms with Gasteiger partial charge in [0.15, 0.2) is 23.4 Å². The fraction of sp³-hybridized carbons (Fsp3) is 0.240. The Morgan fingerprint density at radius 3 is 2.76 bits per heavy atom. The maximum Gasteiger partial charge on any atom is 0.233 e. The van der Waals surface area contributed by atoms with Crippen LogP contribution in [0.15, 0.2) is 48.0 Å². The molecule has 1 saturated heterocycles. The molecule has 0 aliphatic carbocycles. The molecule has 1 aromatic carbocycles. The second kappa shape index (κ2) is 10.1. The molecule has 3 aromatic rings. The van der Waals surface area contributed by atoms with Gasteiger partial charge in [0.1, 0.15) is 17.1 Å². The molecule has 0 unspecified atom stereocenters. The number of ether oxygens (including phenoxy) is 1. The minimum atomic E-state index is -1.05. The summed E-state index contributed by atoms with van der Waals surface area (Å²) in [5.74, 6) is 1.51. The minimum Gasteiger partial charge on any atom is -0.463 e. The van der Waals surface area contributed by atoms with Gasteiger partial charge in [-0.3, -0.25) is 0 Å². The standard InChI is InChI=1S/C25H20F3N7OS/c1-2-5-36-22-11-30-21(10-31-22)20(28)7-15-3-4-19(27)18(6-15)25-14-35(24-32-8-17(26)9-33-24)12-16(25)13-37-23(29)34-25/h1,3-4,6-11,16H,5,12-14H2,(H2,29,34)/b20-7-/t16-,25-/m1/s1. The van der Waals surface area contributed by atoms with Crippen molar-refractivity contribution in [3.63, 3.8) is 0 Å². The highest BCUT2D eigenvalue weighted by Crippen LogP contribution is 2.47. The molecule has 0 amide bonds. The monoisotopic (exact) mass is 523 g/mol. The van der Waals surface area contributed by atoms with E-state index in [1.165, 1.54) is 42.4 Å². The highest BCUT2D eigenvalue weighted by Gasteiger charge is 2.52. The van der Waals surface area contributed by atoms with E-state index in [-0.39, 0.29) is 36.2 Å². The van der Waals surface area contributed by atoms with Crippen molar-refractivity contribution in [1.82, 2.24) is 19.9 Å². The summed E-state index contributed by atoms with van der Waals surface area (Å²) in [4.78, 5) is 22.6. The number of rotatable bonds is 6. The number of benzene rings is 1. The number of amidine groups is 1. The number of hydrogen-bond donors (Lipinski definition) is 1. The highest BCUT2D eigenvalue weighted by atomic mass is 32.2. The molecule has 12 heteroatoms. The van der Waals surface area contributed by atoms with Crippen LogP contribution in [0.4, 0.5) is 19.1 Å². The van der Waals surface area contributed by atoms with E-state index < -0.39 is 23.0 Å². The number of halogens is 3. The van der Waals surface area contributed by atoms with Gasteiger partial charge in [0.25, 0.3) is 0 Å². The van der Waals surface area contributed by atoms with Gasteiger partial charge in [0.05, 0.1) is 31.3 Å². The number of aliphatic imine (C=N–C) groups is 1. The van der Waals surface area contributed by atoms with Crippen LogP contribution in [0.1, 0.15) is 16.8 Å². The van der Waals surface area contributed by atoms with Gasteiger partial charge in [-0.1, -0.05) is 23.7 Å². The fourth-order valence-corrected chi connectivity index (χ4v) is 5.42. The summed E-state index contributed by atoms with van der Waals surface area (Å²) in [5.41, 5.74) is 5.69. The van der Waals surface area contributed by atoms with Gasteiger partial charge in [0.2, 0.25) is 11.8 Å². The Balaban J connectivity index is 1.48. The second-order valence-corrected chi connectivity index (χ2v) is 9.47. The molecule has 2 aliphatic rings. The lowest BCUT2D eigenvalue weighted by Crippen LogP contribution is -2.40. The predicted octanol–water partition coefficient (Wildman–Crippen LogP) is 3.42. The first-order valence-electron chi connectivity index (χ1n) is 11.1. The average molecular weight is 524 g/mol. The van der Waals surface area contributed by atoms with Gasteiger partial charge in [-0.2, -0.15) is 0 Å². The molecule has 0 saturated carbocycles. The van der Waals surface area contributed by atoms with Crippen LogP contribution in [-0.2, 0) is 5.54 Å². The molecular weight excluding hydrogens is 503 g/mol. The summed E-state index contributed by atoms with van der Waals surface area (Å²) in [7, 11) is 0. The van der Waals surface area contributed by atoms with Crippen LogP contribution in [0.2, 0.25) is 0 Å². The van der Waals surface area contributed by atoms with Gasteiger partial charge in [-0.15, -0.1) is 6.42 Å². The van der Waals surface area contributed by atoms with Crippen LogP contribution in [0, 0.1) is 29.9 Å². The van der Waals surface area contributed by atoms with Crippen LogP contribution >= 0.6 is 11.8 Å². The fourth-order valence-electron chi connectivity index (χ4n) is 4.43. The topological polar surface area (TPSA) is 102 Å². The number of nitrogens with zero attached hydrogens (tertiary/aromatic N) is 6. The quantitative estimate of drug-likeness (QED) is 0.491. The molecule has 4 heterocycles. The van der Waals surface area contributed by atoms with Crippen molar-refractivity contribution >= 4 is 34.8 Å². The Kier molecular flexibility index (Phi) is 6.71. The van der Waals surface area contributed by atoms with Gasteiger partial charge >= 0.3 is 0 Å². The molecular formula is C25H20F3N7OS. The molecule has 0 bridgehead atoms. The normalized spacial score (nSPS) is 21.2. The number of terminal acetylenes is 1. The van der Waals surface area contributed by atoms with E-state index in [2.05, 4.69) is 25.9 Å². The first-order valence-corrected chi connectivity index (χ1v) is 12.1. The second-order valence-electron chi connectivity index (χ2n) is 8.43. The SMILES string of the molecule is C#CCOc1cnc(/C(F)=C/c2ccc(F)c([C@@]34CN(c5ncc(F)cn5)C[C@@H]3CSC(N)=N4)c2)cn1. The van der Waals surface area contributed by atoms with Crippen molar-refractivity contribution in [3.05, 3.63) is 71.4 Å². The molecule has 2 aliphatic heterocycles. The summed E-state index contributed by atoms with van der Waals surface area (Å²) in [6.45, 7) is 0.707. The minimum absolute atomic E-state index is 0.0175. The zero-order valence-corrected chi connectivity index (χ0v) is 20.1. The summed E-state index contributed by atoms with van der Waals surface area (Å²) >= 11 is 1.38. The van der Waals surface area contributed by atoms with Crippen LogP contribution in [0.5, 0.6) is 5.88 Å². The lowest BCUT2D eigenvalue weighted by atomic mass is 9.81. The lowest BCUT2D eigenvalue weighted by molar-refractivity contribution is 0.353. The van der Waals surface area contributed by atoms with Crippen molar-refractivity contribution in [3.8, 4) is 18.2 Å². The Morgan fingerprint density at radius 1 is 1.22 bits per heavy atom. The molecule has 5 rings (SSSR count). The van der Waals surface area contributed by atoms with Gasteiger partial charge in [0, 0.05) is 23.8 Å². The van der Waals surface area contributed by atoms with E-state index in [4.69, 9.17) is 21.9 Å². The van der Waals surface area contributed by atoms with Crippen molar-refractivity contribution < 1.29 is 17.9 Å². The van der Waals surface area contributed by atoms with Crippen LogP contribution in [-0.4, -0.2) is 50.6 Å². The molecule has 0 radical (unpaired) electrons. The summed E-state index contributed by atoms with van der Waals surface area (Å²) < 4.78 is 48.8. The summed E-state index contributed by atoms with van der Waals surface area (Å²) in [6, 6.07) is 4.29. The van der Waals surface area contributed by atoms with Crippen molar-refractivity contribution in [1.29, 1.82) is 0 Å². The van der Waals surface area contributed by atoms with E-state index >= 15 is 8.78 Å². The van der Waals surface area contributed by atoms with Crippen molar-refractivity contribution in [2.45, 2.75) is 5.54 Å². The molecule has 2 N–H and O–H groups in total. The molecule has 2 aromatic heterocycles. The summed E-state index contributed by atoms with van der Waals surface area (Å²) in [5, 5.41) is 0.326. The van der Waals surface area contributed by atoms with Gasteiger partial charge in [-0.25, -0.2) is 38.1 Å². The van der Waals surface area contributed by atoms with Crippen LogP contribution < -0.4 is 15.4 Å². The summed E-state index contributed by atoms with van der Waals surface area (Å²) in [6.07, 6.45) is 11.0. The number of hydrogen-bond acceptors (Lipinski definition) is 9. The third-order valence-corrected chi connectivity index (χ3v) is 7.06. The maximum absolute atomic E-state index is 15.3. The Labute approximate surface area is 214 Å². The smallest absolute Gasteiger partial charge is 0.233 e. The number of thioether (sulfide) groups is 1. The first-order chi connectivity index (χ1) is 17.9. The first kappa shape index (κ1) is 24.6. The van der Waals surface area contributed by atoms with E-state index in [1.54, 1.807) is 6.07 Å². The van der Waals surface area contributed by atoms with E-state index in [9.17, 15) is 4.39 Å². The lowest BCUT2D eigenvalue weighted by Gasteiger charge is -2.35. The van der Waals surface area contributed by atoms with Gasteiger partial charge < -0.3 is 15.4 Å². The maximum atomic E-state index is 15.3. The van der Waals surface area contributed by atoms with Crippen molar-refractivity contribution in [2.75, 3.05) is 30.3 Å². The number of fused-ring (bicyclic) bond motifs is 1. The third-order valence-electron chi connectivity index (χ3n) is 6.11. The molecule has 2 atom stereocenters. The zero-order valence-electron chi connectivity index (χ0n) is 19.3. The van der Waals surface area contributed by atoms with Crippen molar-refractivity contribution in [2.24, 2.45) is 16.6 Å². The van der Waals surface area contributed by atoms with Crippen LogP contribution in [0.25, 0.3) is 11.9 Å². The molecule has 8 nitrogen and oxygen atoms in total. The van der Waals surface area contributed by atoms with Crippen LogP contribution in [0.3, 0.4) is 0 Å². The molecule has 0 spiro atoms. The Morgan fingerprint density at radius 2 is 2.03 bits per heavy atom. The van der Waals surface area contributed by atoms with E-state index in [0.717, 1.165) is 12.4 Å². The zero-order chi connectivity index (χ0) is 26.0. The Bertz CT molecular complexity index is 1410. The largest absolute Gasteiger partial charge is 0.463 e. The molecule has 1 fully saturated rings. The average Bonchev–Trinajstić information content (AvgIpc) is 3.29.